The molecule has 1 N–H and O–H groups in total. The number of halogens is 1. The summed E-state index contributed by atoms with van der Waals surface area (Å²) in [4.78, 5) is 0. The molecule has 2 rings (SSSR count). The summed E-state index contributed by atoms with van der Waals surface area (Å²) in [7, 11) is -1.30. The summed E-state index contributed by atoms with van der Waals surface area (Å²) >= 11 is 0. The fraction of sp³-hybridized carbons (Fsp3) is 1.00. The van der Waals surface area contributed by atoms with Crippen molar-refractivity contribution < 1.29 is 8.42 Å². The second-order valence-electron chi connectivity index (χ2n) is 5.53. The van der Waals surface area contributed by atoms with E-state index in [1.165, 1.54) is 0 Å². The predicted molar refractivity (Wildman–Crippen MR) is 79.8 cm³/mol. The minimum absolute atomic E-state index is 0. The molecule has 2 saturated heterocycles. The van der Waals surface area contributed by atoms with Gasteiger partial charge in [-0.2, -0.15) is 17.0 Å². The average Bonchev–Trinajstić information content (AvgIpc) is 2.79. The van der Waals surface area contributed by atoms with Crippen molar-refractivity contribution in [3.8, 4) is 0 Å². The third kappa shape index (κ3) is 3.82. The summed E-state index contributed by atoms with van der Waals surface area (Å²) in [6, 6.07) is 0.159. The van der Waals surface area contributed by atoms with Gasteiger partial charge in [0.05, 0.1) is 0 Å². The highest BCUT2D eigenvalue weighted by Gasteiger charge is 2.38. The van der Waals surface area contributed by atoms with Crippen LogP contribution in [0.4, 0.5) is 0 Å². The zero-order valence-electron chi connectivity index (χ0n) is 11.8. The van der Waals surface area contributed by atoms with Crippen LogP contribution < -0.4 is 5.32 Å². The first-order valence-corrected chi connectivity index (χ1v) is 8.37. The molecule has 2 fully saturated rings. The van der Waals surface area contributed by atoms with Crippen molar-refractivity contribution in [2.24, 2.45) is 5.92 Å². The minimum atomic E-state index is -3.22. The van der Waals surface area contributed by atoms with Gasteiger partial charge in [-0.25, -0.2) is 0 Å². The quantitative estimate of drug-likeness (QED) is 0.845. The van der Waals surface area contributed by atoms with Gasteiger partial charge in [-0.15, -0.1) is 12.4 Å². The zero-order chi connectivity index (χ0) is 13.2. The first kappa shape index (κ1) is 17.2. The van der Waals surface area contributed by atoms with Gasteiger partial charge in [0, 0.05) is 25.7 Å². The van der Waals surface area contributed by atoms with Crippen molar-refractivity contribution in [1.29, 1.82) is 0 Å². The minimum Gasteiger partial charge on any atom is -0.319 e. The van der Waals surface area contributed by atoms with Crippen LogP contribution in [0.1, 0.15) is 32.6 Å². The number of hydrogen-bond donors (Lipinski definition) is 1. The van der Waals surface area contributed by atoms with Crippen LogP contribution in [0.25, 0.3) is 0 Å². The number of piperidine rings is 1. The van der Waals surface area contributed by atoms with Crippen molar-refractivity contribution in [2.45, 2.75) is 38.6 Å². The molecule has 0 aromatic carbocycles. The van der Waals surface area contributed by atoms with E-state index >= 15 is 0 Å². The molecule has 0 radical (unpaired) electrons. The van der Waals surface area contributed by atoms with E-state index in [1.807, 2.05) is 14.0 Å². The summed E-state index contributed by atoms with van der Waals surface area (Å²) in [6.45, 7) is 4.97. The molecule has 2 atom stereocenters. The smallest absolute Gasteiger partial charge is 0.282 e. The first-order chi connectivity index (χ1) is 8.55. The molecule has 19 heavy (non-hydrogen) atoms. The van der Waals surface area contributed by atoms with Crippen LogP contribution in [0, 0.1) is 5.92 Å². The molecule has 0 aliphatic carbocycles. The lowest BCUT2D eigenvalue weighted by Crippen LogP contribution is -2.49. The summed E-state index contributed by atoms with van der Waals surface area (Å²) in [5.74, 6) is 0.463. The Hall–Kier alpha value is 0.120. The van der Waals surface area contributed by atoms with E-state index in [2.05, 4.69) is 5.32 Å². The van der Waals surface area contributed by atoms with Crippen LogP contribution in [-0.4, -0.2) is 56.3 Å². The molecule has 0 saturated carbocycles. The van der Waals surface area contributed by atoms with Crippen molar-refractivity contribution in [1.82, 2.24) is 13.9 Å². The standard InChI is InChI=1S/C12H25N3O2S.ClH/c1-11-5-3-4-7-15(11)18(16,17)14-8-6-12(10-14)9-13-2;/h11-13H,3-10H2,1-2H3;1H. The van der Waals surface area contributed by atoms with Crippen molar-refractivity contribution in [3.05, 3.63) is 0 Å². The molecule has 0 spiro atoms. The maximum atomic E-state index is 12.6. The van der Waals surface area contributed by atoms with E-state index < -0.39 is 10.2 Å². The monoisotopic (exact) mass is 311 g/mol. The Morgan fingerprint density at radius 1 is 1.21 bits per heavy atom. The summed E-state index contributed by atoms with van der Waals surface area (Å²) in [5, 5.41) is 3.13. The van der Waals surface area contributed by atoms with Gasteiger partial charge >= 0.3 is 0 Å². The zero-order valence-corrected chi connectivity index (χ0v) is 13.5. The molecule has 2 heterocycles. The summed E-state index contributed by atoms with van der Waals surface area (Å²) in [5.41, 5.74) is 0. The first-order valence-electron chi connectivity index (χ1n) is 6.97. The van der Waals surface area contributed by atoms with Crippen LogP contribution in [-0.2, 0) is 10.2 Å². The molecule has 2 aliphatic rings. The third-order valence-corrected chi connectivity index (χ3v) is 6.23. The van der Waals surface area contributed by atoms with E-state index in [0.29, 0.717) is 25.6 Å². The van der Waals surface area contributed by atoms with E-state index in [9.17, 15) is 8.42 Å². The fourth-order valence-corrected chi connectivity index (χ4v) is 4.98. The predicted octanol–water partition coefficient (Wildman–Crippen LogP) is 1.07. The molecule has 5 nitrogen and oxygen atoms in total. The van der Waals surface area contributed by atoms with E-state index in [-0.39, 0.29) is 18.4 Å². The van der Waals surface area contributed by atoms with Crippen LogP contribution in [0.15, 0.2) is 0 Å². The van der Waals surface area contributed by atoms with E-state index in [4.69, 9.17) is 0 Å². The van der Waals surface area contributed by atoms with Crippen molar-refractivity contribution >= 4 is 22.6 Å². The molecule has 0 aromatic rings. The lowest BCUT2D eigenvalue weighted by Gasteiger charge is -2.35. The second-order valence-corrected chi connectivity index (χ2v) is 7.41. The number of nitrogens with one attached hydrogen (secondary N) is 1. The Bertz CT molecular complexity index is 377. The van der Waals surface area contributed by atoms with Crippen LogP contribution in [0.2, 0.25) is 0 Å². The maximum absolute atomic E-state index is 12.6. The summed E-state index contributed by atoms with van der Waals surface area (Å²) < 4.78 is 28.5. The highest BCUT2D eigenvalue weighted by Crippen LogP contribution is 2.26. The highest BCUT2D eigenvalue weighted by atomic mass is 35.5. The van der Waals surface area contributed by atoms with E-state index in [0.717, 1.165) is 32.2 Å². The van der Waals surface area contributed by atoms with E-state index in [1.54, 1.807) is 8.61 Å². The maximum Gasteiger partial charge on any atom is 0.282 e. The third-order valence-electron chi connectivity index (χ3n) is 4.11. The molecule has 0 bridgehead atoms. The van der Waals surface area contributed by atoms with Gasteiger partial charge in [-0.3, -0.25) is 0 Å². The van der Waals surface area contributed by atoms with Crippen LogP contribution >= 0.6 is 12.4 Å². The fourth-order valence-electron chi connectivity index (χ4n) is 3.02. The molecule has 2 unspecified atom stereocenters. The number of nitrogens with zero attached hydrogens (tertiary/aromatic N) is 2. The Balaban J connectivity index is 0.00000180. The second kappa shape index (κ2) is 7.22. The Labute approximate surface area is 123 Å². The molecular weight excluding hydrogens is 286 g/mol. The van der Waals surface area contributed by atoms with Gasteiger partial charge in [0.25, 0.3) is 10.2 Å². The molecule has 2 aliphatic heterocycles. The molecule has 0 amide bonds. The number of rotatable bonds is 4. The van der Waals surface area contributed by atoms with Crippen LogP contribution in [0.3, 0.4) is 0 Å². The molecule has 0 aromatic heterocycles. The van der Waals surface area contributed by atoms with Crippen molar-refractivity contribution in [3.63, 3.8) is 0 Å². The molecular formula is C12H26ClN3O2S. The van der Waals surface area contributed by atoms with Gasteiger partial charge in [0.15, 0.2) is 0 Å². The van der Waals surface area contributed by atoms with Crippen LogP contribution in [0.5, 0.6) is 0 Å². The van der Waals surface area contributed by atoms with Gasteiger partial charge in [-0.05, 0) is 45.7 Å². The normalized spacial score (nSPS) is 30.2. The van der Waals surface area contributed by atoms with Gasteiger partial charge in [-0.1, -0.05) is 6.42 Å². The SMILES string of the molecule is CNCC1CCN(S(=O)(=O)N2CCCCC2C)C1.Cl. The largest absolute Gasteiger partial charge is 0.319 e. The number of hydrogen-bond acceptors (Lipinski definition) is 3. The topological polar surface area (TPSA) is 52.7 Å². The van der Waals surface area contributed by atoms with Crippen molar-refractivity contribution in [2.75, 3.05) is 33.2 Å². The average molecular weight is 312 g/mol. The lowest BCUT2D eigenvalue weighted by molar-refractivity contribution is 0.249. The molecule has 114 valence electrons. The summed E-state index contributed by atoms with van der Waals surface area (Å²) in [6.07, 6.45) is 4.11. The Kier molecular flexibility index (Phi) is 6.53. The lowest BCUT2D eigenvalue weighted by atomic mass is 10.1. The molecule has 7 heteroatoms. The Morgan fingerprint density at radius 2 is 1.95 bits per heavy atom. The highest BCUT2D eigenvalue weighted by molar-refractivity contribution is 7.86. The van der Waals surface area contributed by atoms with Gasteiger partial charge < -0.3 is 5.32 Å². The Morgan fingerprint density at radius 3 is 2.58 bits per heavy atom. The van der Waals surface area contributed by atoms with Gasteiger partial charge in [0.2, 0.25) is 0 Å². The van der Waals surface area contributed by atoms with Gasteiger partial charge in [0.1, 0.15) is 0 Å².